The van der Waals surface area contributed by atoms with Gasteiger partial charge in [-0.15, -0.1) is 0 Å². The highest BCUT2D eigenvalue weighted by Gasteiger charge is 2.23. The van der Waals surface area contributed by atoms with E-state index < -0.39 is 22.0 Å². The number of esters is 1. The molecule has 0 spiro atoms. The number of carbonyl (C=O) groups excluding carboxylic acids is 1. The molecule has 0 aliphatic rings. The van der Waals surface area contributed by atoms with Crippen LogP contribution in [0.2, 0.25) is 5.02 Å². The lowest BCUT2D eigenvalue weighted by molar-refractivity contribution is 0.0474. The van der Waals surface area contributed by atoms with Gasteiger partial charge in [0, 0.05) is 5.02 Å². The highest BCUT2D eigenvalue weighted by Crippen LogP contribution is 2.19. The van der Waals surface area contributed by atoms with Gasteiger partial charge in [0.25, 0.3) is 0 Å². The number of ether oxygens (including phenoxy) is 1. The average molecular weight is 430 g/mol. The number of rotatable bonds is 7. The molecule has 0 aromatic heterocycles. The molecule has 0 aliphatic heterocycles. The lowest BCUT2D eigenvalue weighted by Crippen LogP contribution is -2.32. The second kappa shape index (κ2) is 9.22. The van der Waals surface area contributed by atoms with E-state index in [1.54, 1.807) is 72.8 Å². The van der Waals surface area contributed by atoms with Crippen LogP contribution in [-0.2, 0) is 14.8 Å². The summed E-state index contributed by atoms with van der Waals surface area (Å²) >= 11 is 5.84. The predicted octanol–water partition coefficient (Wildman–Crippen LogP) is 4.53. The molecule has 0 radical (unpaired) electrons. The summed E-state index contributed by atoms with van der Waals surface area (Å²) in [7, 11) is -3.80. The normalized spacial score (nSPS) is 12.3. The summed E-state index contributed by atoms with van der Waals surface area (Å²) in [6.45, 7) is 1.73. The van der Waals surface area contributed by atoms with Gasteiger partial charge in [0.2, 0.25) is 10.0 Å². The van der Waals surface area contributed by atoms with E-state index in [1.165, 1.54) is 0 Å². The molecule has 0 heterocycles. The van der Waals surface area contributed by atoms with Crippen LogP contribution in [0, 0.1) is 6.92 Å². The van der Waals surface area contributed by atoms with Crippen molar-refractivity contribution in [1.29, 1.82) is 0 Å². The Morgan fingerprint density at radius 1 is 0.966 bits per heavy atom. The standard InChI is InChI=1S/C22H20ClNO4S/c1-16-7-13-20(14-8-16)29(26,27)24-21(17-5-3-2-4-6-17)15-28-22(25)18-9-11-19(23)12-10-18/h2-14,21,24H,15H2,1H3. The van der Waals surface area contributed by atoms with Crippen molar-refractivity contribution in [3.8, 4) is 0 Å². The molecular formula is C22H20ClNO4S. The Morgan fingerprint density at radius 3 is 2.21 bits per heavy atom. The van der Waals surface area contributed by atoms with E-state index >= 15 is 0 Å². The quantitative estimate of drug-likeness (QED) is 0.560. The van der Waals surface area contributed by atoms with Crippen LogP contribution < -0.4 is 4.72 Å². The van der Waals surface area contributed by atoms with E-state index in [4.69, 9.17) is 16.3 Å². The van der Waals surface area contributed by atoms with Gasteiger partial charge in [-0.25, -0.2) is 17.9 Å². The van der Waals surface area contributed by atoms with E-state index in [-0.39, 0.29) is 11.5 Å². The maximum Gasteiger partial charge on any atom is 0.338 e. The maximum atomic E-state index is 12.8. The fourth-order valence-electron chi connectivity index (χ4n) is 2.68. The van der Waals surface area contributed by atoms with Crippen LogP contribution in [0.3, 0.4) is 0 Å². The second-order valence-electron chi connectivity index (χ2n) is 6.50. The smallest absolute Gasteiger partial charge is 0.338 e. The fraction of sp³-hybridized carbons (Fsp3) is 0.136. The largest absolute Gasteiger partial charge is 0.460 e. The highest BCUT2D eigenvalue weighted by molar-refractivity contribution is 7.89. The van der Waals surface area contributed by atoms with Crippen molar-refractivity contribution in [3.63, 3.8) is 0 Å². The molecule has 0 aliphatic carbocycles. The molecule has 0 saturated carbocycles. The molecule has 0 saturated heterocycles. The highest BCUT2D eigenvalue weighted by atomic mass is 35.5. The number of hydrogen-bond donors (Lipinski definition) is 1. The molecule has 29 heavy (non-hydrogen) atoms. The molecule has 150 valence electrons. The summed E-state index contributed by atoms with van der Waals surface area (Å²) in [4.78, 5) is 12.5. The number of sulfonamides is 1. The van der Waals surface area contributed by atoms with Crippen molar-refractivity contribution in [2.75, 3.05) is 6.61 Å². The first-order valence-corrected chi connectivity index (χ1v) is 10.8. The van der Waals surface area contributed by atoms with Crippen molar-refractivity contribution in [3.05, 3.63) is 101 Å². The fourth-order valence-corrected chi connectivity index (χ4v) is 4.02. The molecule has 7 heteroatoms. The second-order valence-corrected chi connectivity index (χ2v) is 8.65. The van der Waals surface area contributed by atoms with Crippen molar-refractivity contribution in [2.45, 2.75) is 17.9 Å². The van der Waals surface area contributed by atoms with Crippen molar-refractivity contribution in [1.82, 2.24) is 4.72 Å². The van der Waals surface area contributed by atoms with Crippen LogP contribution in [0.15, 0.2) is 83.8 Å². The zero-order valence-electron chi connectivity index (χ0n) is 15.7. The van der Waals surface area contributed by atoms with Gasteiger partial charge in [-0.2, -0.15) is 0 Å². The van der Waals surface area contributed by atoms with Gasteiger partial charge in [-0.05, 0) is 48.9 Å². The SMILES string of the molecule is Cc1ccc(S(=O)(=O)NC(COC(=O)c2ccc(Cl)cc2)c2ccccc2)cc1. The Hall–Kier alpha value is -2.67. The lowest BCUT2D eigenvalue weighted by Gasteiger charge is -2.19. The van der Waals surface area contributed by atoms with E-state index in [0.29, 0.717) is 16.1 Å². The third kappa shape index (κ3) is 5.67. The molecule has 1 unspecified atom stereocenters. The molecule has 0 fully saturated rings. The zero-order chi connectivity index (χ0) is 20.9. The van der Waals surface area contributed by atoms with E-state index in [1.807, 2.05) is 13.0 Å². The number of aryl methyl sites for hydroxylation is 1. The van der Waals surface area contributed by atoms with Crippen LogP contribution in [0.25, 0.3) is 0 Å². The van der Waals surface area contributed by atoms with Gasteiger partial charge in [0.15, 0.2) is 0 Å². The average Bonchev–Trinajstić information content (AvgIpc) is 2.72. The minimum atomic E-state index is -3.80. The van der Waals surface area contributed by atoms with Crippen molar-refractivity contribution >= 4 is 27.6 Å². The Labute approximate surface area is 175 Å². The number of nitrogens with one attached hydrogen (secondary N) is 1. The predicted molar refractivity (Wildman–Crippen MR) is 112 cm³/mol. The minimum Gasteiger partial charge on any atom is -0.460 e. The summed E-state index contributed by atoms with van der Waals surface area (Å²) in [6.07, 6.45) is 0. The van der Waals surface area contributed by atoms with Gasteiger partial charge < -0.3 is 4.74 Å². The molecule has 3 aromatic rings. The van der Waals surface area contributed by atoms with Gasteiger partial charge in [-0.3, -0.25) is 0 Å². The van der Waals surface area contributed by atoms with E-state index in [2.05, 4.69) is 4.72 Å². The van der Waals surface area contributed by atoms with E-state index in [9.17, 15) is 13.2 Å². The van der Waals surface area contributed by atoms with Crippen LogP contribution in [0.1, 0.15) is 27.5 Å². The summed E-state index contributed by atoms with van der Waals surface area (Å²) in [5.74, 6) is -0.558. The molecule has 3 aromatic carbocycles. The Kier molecular flexibility index (Phi) is 6.69. The summed E-state index contributed by atoms with van der Waals surface area (Å²) in [5.41, 5.74) is 1.98. The van der Waals surface area contributed by atoms with Crippen LogP contribution >= 0.6 is 11.6 Å². The van der Waals surface area contributed by atoms with Gasteiger partial charge in [0.1, 0.15) is 6.61 Å². The van der Waals surface area contributed by atoms with Crippen LogP contribution in [-0.4, -0.2) is 21.0 Å². The number of hydrogen-bond acceptors (Lipinski definition) is 4. The zero-order valence-corrected chi connectivity index (χ0v) is 17.3. The third-order valence-electron chi connectivity index (χ3n) is 4.29. The number of benzene rings is 3. The molecule has 1 N–H and O–H groups in total. The third-order valence-corrected chi connectivity index (χ3v) is 6.03. The molecule has 3 rings (SSSR count). The monoisotopic (exact) mass is 429 g/mol. The van der Waals surface area contributed by atoms with Crippen molar-refractivity contribution in [2.24, 2.45) is 0 Å². The first-order chi connectivity index (χ1) is 13.8. The first kappa shape index (κ1) is 21.0. The van der Waals surface area contributed by atoms with Crippen molar-refractivity contribution < 1.29 is 17.9 Å². The Morgan fingerprint density at radius 2 is 1.59 bits per heavy atom. The summed E-state index contributed by atoms with van der Waals surface area (Å²) in [6, 6.07) is 21.1. The van der Waals surface area contributed by atoms with Gasteiger partial charge >= 0.3 is 5.97 Å². The molecule has 0 bridgehead atoms. The topological polar surface area (TPSA) is 72.5 Å². The molecule has 0 amide bonds. The molecular weight excluding hydrogens is 410 g/mol. The summed E-state index contributed by atoms with van der Waals surface area (Å²) < 4.78 is 33.6. The van der Waals surface area contributed by atoms with Crippen LogP contribution in [0.5, 0.6) is 0 Å². The number of halogens is 1. The molecule has 5 nitrogen and oxygen atoms in total. The maximum absolute atomic E-state index is 12.8. The number of carbonyl (C=O) groups is 1. The lowest BCUT2D eigenvalue weighted by atomic mass is 10.1. The minimum absolute atomic E-state index is 0.146. The molecule has 1 atom stereocenters. The Bertz CT molecular complexity index is 1070. The Balaban J connectivity index is 1.79. The summed E-state index contributed by atoms with van der Waals surface area (Å²) in [5, 5.41) is 0.509. The van der Waals surface area contributed by atoms with E-state index in [0.717, 1.165) is 5.56 Å². The van der Waals surface area contributed by atoms with Crippen LogP contribution in [0.4, 0.5) is 0 Å². The first-order valence-electron chi connectivity index (χ1n) is 8.92. The van der Waals surface area contributed by atoms with Gasteiger partial charge in [-0.1, -0.05) is 59.6 Å². The van der Waals surface area contributed by atoms with Gasteiger partial charge in [0.05, 0.1) is 16.5 Å².